The molecule has 1 saturated carbocycles. The lowest BCUT2D eigenvalue weighted by atomic mass is 9.98. The zero-order valence-corrected chi connectivity index (χ0v) is 23.8. The fourth-order valence-electron chi connectivity index (χ4n) is 4.37. The molecule has 1 aliphatic rings. The molecule has 0 radical (unpaired) electrons. The first-order chi connectivity index (χ1) is 18.4. The van der Waals surface area contributed by atoms with Crippen LogP contribution in [0.3, 0.4) is 0 Å². The van der Waals surface area contributed by atoms with Gasteiger partial charge in [0.05, 0.1) is 7.11 Å². The molecule has 2 aromatic rings. The maximum atomic E-state index is 14.2. The van der Waals surface area contributed by atoms with E-state index >= 15 is 0 Å². The fourth-order valence-corrected chi connectivity index (χ4v) is 4.37. The first-order valence-corrected chi connectivity index (χ1v) is 13.4. The molecule has 3 amide bonds. The van der Waals surface area contributed by atoms with E-state index in [1.165, 1.54) is 0 Å². The molecule has 0 heterocycles. The second kappa shape index (κ2) is 12.8. The van der Waals surface area contributed by atoms with Gasteiger partial charge < -0.3 is 25.0 Å². The Hall–Kier alpha value is -3.81. The largest absolute Gasteiger partial charge is 0.497 e. The van der Waals surface area contributed by atoms with Crippen molar-refractivity contribution in [2.75, 3.05) is 12.4 Å². The minimum atomic E-state index is -0.915. The van der Waals surface area contributed by atoms with Crippen LogP contribution in [0.2, 0.25) is 0 Å². The van der Waals surface area contributed by atoms with Gasteiger partial charge in [0.1, 0.15) is 23.4 Å². The molecule has 210 valence electrons. The van der Waals surface area contributed by atoms with Crippen LogP contribution in [-0.4, -0.2) is 47.6 Å². The van der Waals surface area contributed by atoms with Crippen LogP contribution in [0.5, 0.6) is 5.75 Å². The first-order valence-electron chi connectivity index (χ1n) is 13.4. The zero-order valence-electron chi connectivity index (χ0n) is 23.8. The van der Waals surface area contributed by atoms with Crippen molar-refractivity contribution in [3.63, 3.8) is 0 Å². The van der Waals surface area contributed by atoms with E-state index in [-0.39, 0.29) is 23.8 Å². The molecule has 1 fully saturated rings. The Morgan fingerprint density at radius 2 is 1.77 bits per heavy atom. The number of hydrogen-bond donors (Lipinski definition) is 2. The van der Waals surface area contributed by atoms with Crippen molar-refractivity contribution in [1.29, 1.82) is 0 Å². The normalized spacial score (nSPS) is 14.6. The van der Waals surface area contributed by atoms with Gasteiger partial charge in [0.25, 0.3) is 5.91 Å². The lowest BCUT2D eigenvalue weighted by Gasteiger charge is -2.35. The Morgan fingerprint density at radius 1 is 1.10 bits per heavy atom. The van der Waals surface area contributed by atoms with Crippen molar-refractivity contribution in [2.24, 2.45) is 5.92 Å². The number of anilines is 1. The molecule has 0 aromatic heterocycles. The zero-order chi connectivity index (χ0) is 28.7. The van der Waals surface area contributed by atoms with Gasteiger partial charge in [-0.3, -0.25) is 9.59 Å². The summed E-state index contributed by atoms with van der Waals surface area (Å²) in [6, 6.07) is 12.6. The summed E-state index contributed by atoms with van der Waals surface area (Å²) < 4.78 is 10.7. The number of nitrogens with one attached hydrogen (secondary N) is 2. The summed E-state index contributed by atoms with van der Waals surface area (Å²) in [6.45, 7) is 13.1. The predicted molar refractivity (Wildman–Crippen MR) is 153 cm³/mol. The number of alkyl carbamates (subject to hydrolysis) is 1. The molecular formula is C31H41N3O5. The summed E-state index contributed by atoms with van der Waals surface area (Å²) in [4.78, 5) is 42.5. The summed E-state index contributed by atoms with van der Waals surface area (Å²) in [5.41, 5.74) is 1.37. The summed E-state index contributed by atoms with van der Waals surface area (Å²) >= 11 is 0. The van der Waals surface area contributed by atoms with Crippen LogP contribution in [0.1, 0.15) is 71.0 Å². The van der Waals surface area contributed by atoms with Crippen molar-refractivity contribution in [3.8, 4) is 5.75 Å². The molecular weight excluding hydrogens is 494 g/mol. The van der Waals surface area contributed by atoms with E-state index < -0.39 is 23.8 Å². The van der Waals surface area contributed by atoms with Gasteiger partial charge in [-0.1, -0.05) is 44.7 Å². The van der Waals surface area contributed by atoms with Crippen molar-refractivity contribution < 1.29 is 23.9 Å². The number of methoxy groups -OCH3 is 1. The van der Waals surface area contributed by atoms with Crippen LogP contribution < -0.4 is 15.4 Å². The van der Waals surface area contributed by atoms with E-state index in [2.05, 4.69) is 17.2 Å². The molecule has 39 heavy (non-hydrogen) atoms. The van der Waals surface area contributed by atoms with Crippen LogP contribution in [0.4, 0.5) is 10.5 Å². The highest BCUT2D eigenvalue weighted by atomic mass is 16.6. The Labute approximate surface area is 231 Å². The summed E-state index contributed by atoms with van der Waals surface area (Å²) in [7, 11) is 1.58. The Bertz CT molecular complexity index is 1170. The first kappa shape index (κ1) is 29.7. The number of rotatable bonds is 11. The topological polar surface area (TPSA) is 97.0 Å². The summed E-state index contributed by atoms with van der Waals surface area (Å²) in [5.74, 6) is 0.131. The third-order valence-corrected chi connectivity index (χ3v) is 6.24. The molecule has 2 unspecified atom stereocenters. The maximum Gasteiger partial charge on any atom is 0.408 e. The van der Waals surface area contributed by atoms with E-state index in [0.29, 0.717) is 23.4 Å². The smallest absolute Gasteiger partial charge is 0.408 e. The van der Waals surface area contributed by atoms with Crippen LogP contribution in [0.15, 0.2) is 55.1 Å². The van der Waals surface area contributed by atoms with Gasteiger partial charge >= 0.3 is 6.09 Å². The van der Waals surface area contributed by atoms with E-state index in [4.69, 9.17) is 9.47 Å². The van der Waals surface area contributed by atoms with Crippen molar-refractivity contribution in [1.82, 2.24) is 10.2 Å². The molecule has 8 heteroatoms. The van der Waals surface area contributed by atoms with Gasteiger partial charge in [0.2, 0.25) is 5.91 Å². The van der Waals surface area contributed by atoms with Crippen molar-refractivity contribution in [2.45, 2.75) is 77.6 Å². The second-order valence-electron chi connectivity index (χ2n) is 11.3. The van der Waals surface area contributed by atoms with Gasteiger partial charge in [-0.15, -0.1) is 0 Å². The number of hydrogen-bond acceptors (Lipinski definition) is 5. The molecule has 3 rings (SSSR count). The number of nitrogens with zero attached hydrogens (tertiary/aromatic N) is 1. The van der Waals surface area contributed by atoms with Crippen molar-refractivity contribution >= 4 is 29.7 Å². The lowest BCUT2D eigenvalue weighted by Crippen LogP contribution is -2.53. The van der Waals surface area contributed by atoms with Crippen LogP contribution >= 0.6 is 0 Å². The second-order valence-corrected chi connectivity index (χ2v) is 11.3. The SMILES string of the molecule is C=Cc1cccc(C(C(=O)Nc2ccc(OC)cc2)N(C(=O)C(CC(C)C)NC(=O)OC(C)(C)C)C2CC2)c1. The molecule has 2 N–H and O–H groups in total. The Morgan fingerprint density at radius 3 is 2.31 bits per heavy atom. The minimum Gasteiger partial charge on any atom is -0.497 e. The lowest BCUT2D eigenvalue weighted by molar-refractivity contribution is -0.141. The molecule has 8 nitrogen and oxygen atoms in total. The fraction of sp³-hybridized carbons (Fsp3) is 0.452. The average molecular weight is 536 g/mol. The van der Waals surface area contributed by atoms with E-state index in [1.54, 1.807) is 63.1 Å². The summed E-state index contributed by atoms with van der Waals surface area (Å²) in [5, 5.41) is 5.76. The molecule has 0 saturated heterocycles. The van der Waals surface area contributed by atoms with Crippen LogP contribution in [0, 0.1) is 5.92 Å². The van der Waals surface area contributed by atoms with Gasteiger partial charge in [-0.05, 0) is 87.4 Å². The third kappa shape index (κ3) is 8.60. The van der Waals surface area contributed by atoms with Crippen LogP contribution in [-0.2, 0) is 14.3 Å². The predicted octanol–water partition coefficient (Wildman–Crippen LogP) is 5.95. The molecule has 2 atom stereocenters. The number of amides is 3. The van der Waals surface area contributed by atoms with Gasteiger partial charge in [-0.2, -0.15) is 0 Å². The number of ether oxygens (including phenoxy) is 2. The van der Waals surface area contributed by atoms with Gasteiger partial charge in [0.15, 0.2) is 0 Å². The molecule has 0 spiro atoms. The highest BCUT2D eigenvalue weighted by molar-refractivity contribution is 5.99. The van der Waals surface area contributed by atoms with Gasteiger partial charge in [-0.25, -0.2) is 4.79 Å². The Kier molecular flexibility index (Phi) is 9.78. The number of carbonyl (C=O) groups is 3. The highest BCUT2D eigenvalue weighted by Crippen LogP contribution is 2.37. The quantitative estimate of drug-likeness (QED) is 0.371. The van der Waals surface area contributed by atoms with Gasteiger partial charge in [0, 0.05) is 11.7 Å². The third-order valence-electron chi connectivity index (χ3n) is 6.24. The van der Waals surface area contributed by atoms with E-state index in [0.717, 1.165) is 18.4 Å². The van der Waals surface area contributed by atoms with E-state index in [1.807, 2.05) is 38.1 Å². The maximum absolute atomic E-state index is 14.2. The molecule has 1 aliphatic carbocycles. The standard InChI is InChI=1S/C31H41N3O5/c1-8-21-10-9-11-22(19-21)27(28(35)32-23-12-16-25(38-7)17-13-23)34(24-14-15-24)29(36)26(18-20(2)3)33-30(37)39-31(4,5)6/h8-13,16-17,19-20,24,26-27H,1,14-15,18H2,2-7H3,(H,32,35)(H,33,37). The molecule has 2 aromatic carbocycles. The summed E-state index contributed by atoms with van der Waals surface area (Å²) in [6.07, 6.45) is 3.00. The van der Waals surface area contributed by atoms with Crippen LogP contribution in [0.25, 0.3) is 6.08 Å². The Balaban J connectivity index is 2.00. The molecule has 0 aliphatic heterocycles. The van der Waals surface area contributed by atoms with E-state index in [9.17, 15) is 14.4 Å². The number of benzene rings is 2. The monoisotopic (exact) mass is 535 g/mol. The van der Waals surface area contributed by atoms with Crippen molar-refractivity contribution in [3.05, 3.63) is 66.2 Å². The average Bonchev–Trinajstić information content (AvgIpc) is 3.70. The number of carbonyl (C=O) groups excluding carboxylic acids is 3. The minimum absolute atomic E-state index is 0.116. The highest BCUT2D eigenvalue weighted by Gasteiger charge is 2.44. The molecule has 0 bridgehead atoms.